The molecule has 0 aliphatic carbocycles. The number of carbonyl (C=O) groups is 3. The predicted molar refractivity (Wildman–Crippen MR) is 144 cm³/mol. The van der Waals surface area contributed by atoms with Crippen LogP contribution < -0.4 is 30.7 Å². The number of rotatable bonds is 8. The van der Waals surface area contributed by atoms with E-state index in [1.807, 2.05) is 18.2 Å². The Morgan fingerprint density at radius 3 is 2.18 bits per heavy atom. The molecule has 0 saturated heterocycles. The summed E-state index contributed by atoms with van der Waals surface area (Å²) in [5.74, 6) is 0.701. The van der Waals surface area contributed by atoms with Crippen LogP contribution in [0.25, 0.3) is 0 Å². The Morgan fingerprint density at radius 1 is 0.737 bits per heavy atom. The zero-order valence-corrected chi connectivity index (χ0v) is 20.6. The van der Waals surface area contributed by atoms with Crippen molar-refractivity contribution in [2.75, 3.05) is 30.1 Å². The first-order valence-electron chi connectivity index (χ1n) is 11.5. The van der Waals surface area contributed by atoms with Gasteiger partial charge in [0.2, 0.25) is 0 Å². The molecular weight excluding hydrogens is 486 g/mol. The van der Waals surface area contributed by atoms with Crippen LogP contribution in [-0.2, 0) is 0 Å². The molecule has 0 aliphatic heterocycles. The SMILES string of the molecule is CNC(=O)c1cc(Oc2ccc(NC(=O)Nc3cc(C(=O)Nc4ccccc4)ccc3OC)cc2)ccn1. The second-order valence-electron chi connectivity index (χ2n) is 7.90. The first-order chi connectivity index (χ1) is 18.4. The number of nitrogens with zero attached hydrogens (tertiary/aromatic N) is 1. The number of benzene rings is 3. The van der Waals surface area contributed by atoms with Gasteiger partial charge < -0.3 is 30.7 Å². The van der Waals surface area contributed by atoms with E-state index in [2.05, 4.69) is 26.3 Å². The standard InChI is InChI=1S/C28H25N5O5/c1-29-27(35)24-17-22(14-15-30-24)38-21-11-9-20(10-12-21)32-28(36)33-23-16-18(8-13-25(23)37-2)26(34)31-19-6-4-3-5-7-19/h3-17H,1-2H3,(H,29,35)(H,31,34)(H2,32,33,36). The van der Waals surface area contributed by atoms with E-state index < -0.39 is 6.03 Å². The molecule has 4 rings (SSSR count). The van der Waals surface area contributed by atoms with Crippen molar-refractivity contribution >= 4 is 34.9 Å². The van der Waals surface area contributed by atoms with E-state index in [1.165, 1.54) is 32.5 Å². The number of amides is 4. The van der Waals surface area contributed by atoms with E-state index in [4.69, 9.17) is 9.47 Å². The molecule has 0 aliphatic rings. The van der Waals surface area contributed by atoms with E-state index in [0.717, 1.165) is 0 Å². The fourth-order valence-electron chi connectivity index (χ4n) is 3.43. The van der Waals surface area contributed by atoms with Gasteiger partial charge in [-0.15, -0.1) is 0 Å². The number of ether oxygens (including phenoxy) is 2. The molecule has 4 N–H and O–H groups in total. The lowest BCUT2D eigenvalue weighted by molar-refractivity contribution is 0.0957. The van der Waals surface area contributed by atoms with E-state index >= 15 is 0 Å². The van der Waals surface area contributed by atoms with Crippen molar-refractivity contribution in [3.05, 3.63) is 102 Å². The third-order valence-corrected chi connectivity index (χ3v) is 5.28. The summed E-state index contributed by atoms with van der Waals surface area (Å²) in [7, 11) is 3.00. The monoisotopic (exact) mass is 511 g/mol. The number of nitrogens with one attached hydrogen (secondary N) is 4. The number of anilines is 3. The molecule has 3 aromatic carbocycles. The molecule has 0 spiro atoms. The summed E-state index contributed by atoms with van der Waals surface area (Å²) in [6.07, 6.45) is 1.48. The Morgan fingerprint density at radius 2 is 1.47 bits per heavy atom. The van der Waals surface area contributed by atoms with E-state index in [-0.39, 0.29) is 17.5 Å². The van der Waals surface area contributed by atoms with Crippen LogP contribution in [0.3, 0.4) is 0 Å². The summed E-state index contributed by atoms with van der Waals surface area (Å²) in [6.45, 7) is 0. The van der Waals surface area contributed by atoms with Crippen LogP contribution >= 0.6 is 0 Å². The van der Waals surface area contributed by atoms with E-state index in [9.17, 15) is 14.4 Å². The molecular formula is C28H25N5O5. The summed E-state index contributed by atoms with van der Waals surface area (Å²) in [5, 5.41) is 10.8. The van der Waals surface area contributed by atoms with Gasteiger partial charge in [-0.1, -0.05) is 18.2 Å². The number of hydrogen-bond donors (Lipinski definition) is 4. The normalized spacial score (nSPS) is 10.2. The predicted octanol–water partition coefficient (Wildman–Crippen LogP) is 5.14. The van der Waals surface area contributed by atoms with Gasteiger partial charge in [-0.25, -0.2) is 4.79 Å². The molecule has 1 heterocycles. The maximum absolute atomic E-state index is 12.7. The summed E-state index contributed by atoms with van der Waals surface area (Å²) >= 11 is 0. The fourth-order valence-corrected chi connectivity index (χ4v) is 3.43. The van der Waals surface area contributed by atoms with Crippen molar-refractivity contribution in [1.82, 2.24) is 10.3 Å². The summed E-state index contributed by atoms with van der Waals surface area (Å²) in [4.78, 5) is 41.1. The molecule has 0 fully saturated rings. The molecule has 0 radical (unpaired) electrons. The fraction of sp³-hybridized carbons (Fsp3) is 0.0714. The van der Waals surface area contributed by atoms with Gasteiger partial charge in [0.1, 0.15) is 22.9 Å². The molecule has 0 atom stereocenters. The largest absolute Gasteiger partial charge is 0.495 e. The quantitative estimate of drug-likeness (QED) is 0.259. The van der Waals surface area contributed by atoms with Gasteiger partial charge in [0.15, 0.2) is 0 Å². The molecule has 0 saturated carbocycles. The Balaban J connectivity index is 1.39. The maximum Gasteiger partial charge on any atom is 0.323 e. The first-order valence-corrected chi connectivity index (χ1v) is 11.5. The van der Waals surface area contributed by atoms with Crippen LogP contribution in [0.2, 0.25) is 0 Å². The van der Waals surface area contributed by atoms with Crippen LogP contribution in [0, 0.1) is 0 Å². The van der Waals surface area contributed by atoms with Gasteiger partial charge in [-0.05, 0) is 60.7 Å². The minimum absolute atomic E-state index is 0.233. The smallest absolute Gasteiger partial charge is 0.323 e. The minimum atomic E-state index is -0.526. The summed E-state index contributed by atoms with van der Waals surface area (Å²) < 4.78 is 11.1. The number of hydrogen-bond acceptors (Lipinski definition) is 6. The van der Waals surface area contributed by atoms with E-state index in [0.29, 0.717) is 39.9 Å². The molecule has 38 heavy (non-hydrogen) atoms. The molecule has 10 heteroatoms. The zero-order chi connectivity index (χ0) is 26.9. The number of para-hydroxylation sites is 1. The highest BCUT2D eigenvalue weighted by Crippen LogP contribution is 2.27. The Bertz CT molecular complexity index is 1440. The highest BCUT2D eigenvalue weighted by molar-refractivity contribution is 6.06. The van der Waals surface area contributed by atoms with Crippen LogP contribution in [0.1, 0.15) is 20.8 Å². The minimum Gasteiger partial charge on any atom is -0.495 e. The Kier molecular flexibility index (Phi) is 8.15. The highest BCUT2D eigenvalue weighted by atomic mass is 16.5. The Labute approximate surface area is 219 Å². The van der Waals surface area contributed by atoms with Crippen LogP contribution in [0.4, 0.5) is 21.9 Å². The van der Waals surface area contributed by atoms with Gasteiger partial charge in [0.05, 0.1) is 12.8 Å². The summed E-state index contributed by atoms with van der Waals surface area (Å²) in [6, 6.07) is 23.1. The number of methoxy groups -OCH3 is 1. The lowest BCUT2D eigenvalue weighted by Gasteiger charge is -2.13. The molecule has 4 amide bonds. The Hall–Kier alpha value is -5.38. The highest BCUT2D eigenvalue weighted by Gasteiger charge is 2.13. The van der Waals surface area contributed by atoms with Crippen molar-refractivity contribution in [2.24, 2.45) is 0 Å². The second kappa shape index (κ2) is 12.0. The topological polar surface area (TPSA) is 131 Å². The lowest BCUT2D eigenvalue weighted by atomic mass is 10.1. The zero-order valence-electron chi connectivity index (χ0n) is 20.6. The number of urea groups is 1. The third kappa shape index (κ3) is 6.64. The van der Waals surface area contributed by atoms with Crippen molar-refractivity contribution in [1.29, 1.82) is 0 Å². The molecule has 4 aromatic rings. The average molecular weight is 512 g/mol. The average Bonchev–Trinajstić information content (AvgIpc) is 2.94. The molecule has 10 nitrogen and oxygen atoms in total. The number of pyridine rings is 1. The van der Waals surface area contributed by atoms with Gasteiger partial charge in [0.25, 0.3) is 11.8 Å². The van der Waals surface area contributed by atoms with Crippen LogP contribution in [-0.4, -0.2) is 37.0 Å². The molecule has 0 bridgehead atoms. The van der Waals surface area contributed by atoms with Crippen molar-refractivity contribution in [2.45, 2.75) is 0 Å². The first kappa shape index (κ1) is 25.7. The van der Waals surface area contributed by atoms with Crippen molar-refractivity contribution < 1.29 is 23.9 Å². The lowest BCUT2D eigenvalue weighted by Crippen LogP contribution is -2.20. The van der Waals surface area contributed by atoms with Crippen molar-refractivity contribution in [3.63, 3.8) is 0 Å². The van der Waals surface area contributed by atoms with Crippen LogP contribution in [0.15, 0.2) is 91.1 Å². The van der Waals surface area contributed by atoms with Gasteiger partial charge in [0, 0.05) is 36.2 Å². The van der Waals surface area contributed by atoms with Gasteiger partial charge in [-0.2, -0.15) is 0 Å². The van der Waals surface area contributed by atoms with Crippen molar-refractivity contribution in [3.8, 4) is 17.2 Å². The molecule has 0 unspecified atom stereocenters. The number of aromatic nitrogens is 1. The molecule has 192 valence electrons. The third-order valence-electron chi connectivity index (χ3n) is 5.28. The molecule has 1 aromatic heterocycles. The van der Waals surface area contributed by atoms with E-state index in [1.54, 1.807) is 54.6 Å². The van der Waals surface area contributed by atoms with Gasteiger partial charge in [-0.3, -0.25) is 14.6 Å². The maximum atomic E-state index is 12.7. The van der Waals surface area contributed by atoms with Gasteiger partial charge >= 0.3 is 6.03 Å². The number of carbonyl (C=O) groups excluding carboxylic acids is 3. The van der Waals surface area contributed by atoms with Crippen LogP contribution in [0.5, 0.6) is 17.2 Å². The second-order valence-corrected chi connectivity index (χ2v) is 7.90. The summed E-state index contributed by atoms with van der Waals surface area (Å²) in [5.41, 5.74) is 2.07.